The zero-order valence-electron chi connectivity index (χ0n) is 21.7. The van der Waals surface area contributed by atoms with E-state index in [-0.39, 0.29) is 24.3 Å². The Hall–Kier alpha value is -2.78. The summed E-state index contributed by atoms with van der Waals surface area (Å²) in [5.41, 5.74) is 0.531. The Morgan fingerprint density at radius 2 is 1.75 bits per heavy atom. The summed E-state index contributed by atoms with van der Waals surface area (Å²) in [6.07, 6.45) is 6.55. The zero-order valence-corrected chi connectivity index (χ0v) is 21.7. The monoisotopic (exact) mass is 496 g/mol. The predicted molar refractivity (Wildman–Crippen MR) is 137 cm³/mol. The van der Waals surface area contributed by atoms with Crippen molar-refractivity contribution in [3.8, 4) is 0 Å². The average molecular weight is 497 g/mol. The van der Waals surface area contributed by atoms with Gasteiger partial charge in [-0.15, -0.1) is 0 Å². The Morgan fingerprint density at radius 3 is 2.42 bits per heavy atom. The molecule has 2 amide bonds. The van der Waals surface area contributed by atoms with Crippen LogP contribution in [0.3, 0.4) is 0 Å². The van der Waals surface area contributed by atoms with Crippen LogP contribution in [0.25, 0.3) is 0 Å². The fraction of sp³-hybridized carbons (Fsp3) is 0.630. The number of carbonyl (C=O) groups excluding carboxylic acids is 2. The summed E-state index contributed by atoms with van der Waals surface area (Å²) in [4.78, 5) is 34.3. The topological polar surface area (TPSA) is 104 Å². The third-order valence-electron chi connectivity index (χ3n) is 7.41. The highest BCUT2D eigenvalue weighted by Gasteiger charge is 2.38. The molecule has 0 radical (unpaired) electrons. The first kappa shape index (κ1) is 26.3. The second-order valence-electron chi connectivity index (χ2n) is 10.3. The van der Waals surface area contributed by atoms with Crippen LogP contribution in [-0.2, 0) is 21.5 Å². The summed E-state index contributed by atoms with van der Waals surface area (Å²) >= 11 is 0. The lowest BCUT2D eigenvalue weighted by Crippen LogP contribution is -2.47. The second kappa shape index (κ2) is 12.5. The van der Waals surface area contributed by atoms with Crippen molar-refractivity contribution in [1.29, 1.82) is 0 Å². The highest BCUT2D eigenvalue weighted by molar-refractivity contribution is 5.76. The molecular formula is C27H40N6O3. The molecule has 36 heavy (non-hydrogen) atoms. The number of nitrogens with zero attached hydrogens (tertiary/aromatic N) is 4. The van der Waals surface area contributed by atoms with Gasteiger partial charge in [0.2, 0.25) is 17.7 Å². The van der Waals surface area contributed by atoms with Crippen molar-refractivity contribution in [3.63, 3.8) is 0 Å². The number of aryl methyl sites for hydroxylation is 1. The lowest BCUT2D eigenvalue weighted by atomic mass is 9.89. The Bertz CT molecular complexity index is 978. The van der Waals surface area contributed by atoms with Gasteiger partial charge in [0.25, 0.3) is 0 Å². The van der Waals surface area contributed by atoms with Crippen LogP contribution in [0.4, 0.5) is 0 Å². The molecule has 2 N–H and O–H groups in total. The lowest BCUT2D eigenvalue weighted by Gasteiger charge is -2.35. The number of amides is 2. The van der Waals surface area contributed by atoms with E-state index in [9.17, 15) is 9.59 Å². The fourth-order valence-electron chi connectivity index (χ4n) is 5.32. The molecule has 1 aromatic heterocycles. The molecule has 2 fully saturated rings. The smallest absolute Gasteiger partial charge is 0.227 e. The Labute approximate surface area is 214 Å². The maximum absolute atomic E-state index is 13.0. The van der Waals surface area contributed by atoms with E-state index >= 15 is 0 Å². The minimum absolute atomic E-state index is 0.0382. The number of benzene rings is 1. The highest BCUT2D eigenvalue weighted by atomic mass is 16.5. The van der Waals surface area contributed by atoms with Gasteiger partial charge in [-0.3, -0.25) is 14.5 Å². The maximum atomic E-state index is 13.0. The molecule has 9 nitrogen and oxygen atoms in total. The summed E-state index contributed by atoms with van der Waals surface area (Å²) in [7, 11) is 2.14. The Balaban J connectivity index is 1.37. The van der Waals surface area contributed by atoms with E-state index in [4.69, 9.17) is 4.52 Å². The van der Waals surface area contributed by atoms with Crippen LogP contribution in [0.1, 0.15) is 75.2 Å². The molecular weight excluding hydrogens is 456 g/mol. The third-order valence-corrected chi connectivity index (χ3v) is 7.41. The molecule has 1 saturated heterocycles. The standard InChI is InChI=1S/C27H40N6O3/c1-21(34)30-27(14-8-3-4-9-15-27)26-29-25(36-31-26)13-12-24(35)28-23(22-10-6-5-7-11-22)20-33-18-16-32(2)17-19-33/h5-7,10-11,23H,3-4,8-9,12-20H2,1-2H3,(H,28,35)(H,30,34). The first-order valence-electron chi connectivity index (χ1n) is 13.3. The number of likely N-dealkylation sites (N-methyl/N-ethyl adjacent to an activating group) is 1. The van der Waals surface area contributed by atoms with Gasteiger partial charge < -0.3 is 20.1 Å². The molecule has 1 aliphatic carbocycles. The van der Waals surface area contributed by atoms with Gasteiger partial charge in [-0.25, -0.2) is 0 Å². The number of aromatic nitrogens is 2. The molecule has 1 unspecified atom stereocenters. The normalized spacial score (nSPS) is 19.8. The number of rotatable bonds is 9. The molecule has 1 atom stereocenters. The van der Waals surface area contributed by atoms with E-state index < -0.39 is 5.54 Å². The van der Waals surface area contributed by atoms with Crippen LogP contribution in [0.2, 0.25) is 0 Å². The molecule has 1 aliphatic heterocycles. The SMILES string of the molecule is CC(=O)NC1(c2noc(CCC(=O)NC(CN3CCN(C)CC3)c3ccccc3)n2)CCCCCC1. The first-order valence-corrected chi connectivity index (χ1v) is 13.3. The Morgan fingerprint density at radius 1 is 1.06 bits per heavy atom. The van der Waals surface area contributed by atoms with E-state index in [0.29, 0.717) is 18.1 Å². The van der Waals surface area contributed by atoms with Crippen molar-refractivity contribution in [1.82, 2.24) is 30.6 Å². The molecule has 1 aromatic carbocycles. The van der Waals surface area contributed by atoms with Crippen LogP contribution in [-0.4, -0.2) is 71.5 Å². The van der Waals surface area contributed by atoms with Crippen LogP contribution in [0.15, 0.2) is 34.9 Å². The van der Waals surface area contributed by atoms with E-state index in [1.807, 2.05) is 18.2 Å². The van der Waals surface area contributed by atoms with Crippen molar-refractivity contribution in [2.75, 3.05) is 39.8 Å². The van der Waals surface area contributed by atoms with E-state index in [1.54, 1.807) is 0 Å². The summed E-state index contributed by atoms with van der Waals surface area (Å²) < 4.78 is 5.53. The van der Waals surface area contributed by atoms with E-state index in [0.717, 1.165) is 76.8 Å². The highest BCUT2D eigenvalue weighted by Crippen LogP contribution is 2.34. The van der Waals surface area contributed by atoms with Crippen LogP contribution in [0.5, 0.6) is 0 Å². The molecule has 1 saturated carbocycles. The molecule has 9 heteroatoms. The van der Waals surface area contributed by atoms with Gasteiger partial charge in [-0.1, -0.05) is 61.2 Å². The minimum atomic E-state index is -0.576. The zero-order chi connectivity index (χ0) is 25.4. The molecule has 2 aromatic rings. The average Bonchev–Trinajstić information content (AvgIpc) is 3.24. The van der Waals surface area contributed by atoms with Gasteiger partial charge in [0.1, 0.15) is 5.54 Å². The maximum Gasteiger partial charge on any atom is 0.227 e. The van der Waals surface area contributed by atoms with Crippen molar-refractivity contribution < 1.29 is 14.1 Å². The van der Waals surface area contributed by atoms with Crippen molar-refractivity contribution in [3.05, 3.63) is 47.6 Å². The number of piperazine rings is 1. The molecule has 196 valence electrons. The van der Waals surface area contributed by atoms with Gasteiger partial charge in [-0.05, 0) is 25.5 Å². The van der Waals surface area contributed by atoms with Crippen molar-refractivity contribution in [2.45, 2.75) is 69.9 Å². The second-order valence-corrected chi connectivity index (χ2v) is 10.3. The predicted octanol–water partition coefficient (Wildman–Crippen LogP) is 2.79. The van der Waals surface area contributed by atoms with Gasteiger partial charge in [0.05, 0.1) is 6.04 Å². The molecule has 0 bridgehead atoms. The van der Waals surface area contributed by atoms with Gasteiger partial charge in [0, 0.05) is 52.5 Å². The summed E-state index contributed by atoms with van der Waals surface area (Å²) in [6.45, 7) is 6.38. The van der Waals surface area contributed by atoms with E-state index in [1.165, 1.54) is 6.92 Å². The number of hydrogen-bond donors (Lipinski definition) is 2. The van der Waals surface area contributed by atoms with Crippen LogP contribution >= 0.6 is 0 Å². The fourth-order valence-corrected chi connectivity index (χ4v) is 5.32. The van der Waals surface area contributed by atoms with Gasteiger partial charge in [-0.2, -0.15) is 4.98 Å². The number of nitrogens with one attached hydrogen (secondary N) is 2. The van der Waals surface area contributed by atoms with Crippen LogP contribution in [0, 0.1) is 0 Å². The Kier molecular flexibility index (Phi) is 9.09. The molecule has 4 rings (SSSR count). The number of carbonyl (C=O) groups is 2. The third kappa shape index (κ3) is 7.13. The minimum Gasteiger partial charge on any atom is -0.348 e. The van der Waals surface area contributed by atoms with Gasteiger partial charge in [0.15, 0.2) is 5.82 Å². The van der Waals surface area contributed by atoms with Crippen molar-refractivity contribution in [2.24, 2.45) is 0 Å². The molecule has 2 heterocycles. The van der Waals surface area contributed by atoms with Crippen LogP contribution < -0.4 is 10.6 Å². The summed E-state index contributed by atoms with van der Waals surface area (Å²) in [5, 5.41) is 10.6. The number of hydrogen-bond acceptors (Lipinski definition) is 7. The molecule has 0 spiro atoms. The van der Waals surface area contributed by atoms with E-state index in [2.05, 4.69) is 49.8 Å². The van der Waals surface area contributed by atoms with Crippen molar-refractivity contribution >= 4 is 11.8 Å². The largest absolute Gasteiger partial charge is 0.348 e. The lowest BCUT2D eigenvalue weighted by molar-refractivity contribution is -0.122. The molecule has 2 aliphatic rings. The summed E-state index contributed by atoms with van der Waals surface area (Å²) in [6, 6.07) is 10.1. The summed E-state index contributed by atoms with van der Waals surface area (Å²) in [5.74, 6) is 0.843. The van der Waals surface area contributed by atoms with Gasteiger partial charge >= 0.3 is 0 Å². The first-order chi connectivity index (χ1) is 17.4. The quantitative estimate of drug-likeness (QED) is 0.515.